The van der Waals surface area contributed by atoms with E-state index in [1.54, 1.807) is 6.07 Å². The number of aryl methyl sites for hydroxylation is 1. The maximum atomic E-state index is 13.0. The van der Waals surface area contributed by atoms with Crippen molar-refractivity contribution < 1.29 is 33.0 Å². The quantitative estimate of drug-likeness (QED) is 0.295. The van der Waals surface area contributed by atoms with Crippen LogP contribution in [0, 0.1) is 12.7 Å². The number of amides is 2. The SMILES string of the molecule is Cc1nnc(SCC2=C(C(=O)O)N3C(=O)C(NC(=O)c4ccc(COc5ccc(F)cc5)o4)C3SC2)s1. The normalized spacial score (nSPS) is 18.9. The number of benzene rings is 1. The van der Waals surface area contributed by atoms with Gasteiger partial charge in [0.1, 0.15) is 46.1 Å². The second kappa shape index (κ2) is 10.6. The molecule has 1 saturated heterocycles. The first kappa shape index (κ1) is 25.3. The van der Waals surface area contributed by atoms with E-state index in [4.69, 9.17) is 9.15 Å². The smallest absolute Gasteiger partial charge is 0.352 e. The monoisotopic (exact) mass is 562 g/mol. The highest BCUT2D eigenvalue weighted by Crippen LogP contribution is 2.41. The molecule has 2 unspecified atom stereocenters. The van der Waals surface area contributed by atoms with Crippen LogP contribution < -0.4 is 10.1 Å². The lowest BCUT2D eigenvalue weighted by atomic mass is 10.0. The molecule has 0 bridgehead atoms. The Kier molecular flexibility index (Phi) is 7.22. The van der Waals surface area contributed by atoms with Crippen LogP contribution in [0.2, 0.25) is 0 Å². The van der Waals surface area contributed by atoms with Crippen molar-refractivity contribution in [2.24, 2.45) is 0 Å². The molecule has 14 heteroatoms. The van der Waals surface area contributed by atoms with Crippen molar-refractivity contribution in [2.45, 2.75) is 29.3 Å². The van der Waals surface area contributed by atoms with Crippen molar-refractivity contribution in [3.63, 3.8) is 0 Å². The summed E-state index contributed by atoms with van der Waals surface area (Å²) in [6, 6.07) is 7.63. The Bertz CT molecular complexity index is 1390. The van der Waals surface area contributed by atoms with E-state index in [1.165, 1.54) is 70.1 Å². The Morgan fingerprint density at radius 2 is 2.05 bits per heavy atom. The van der Waals surface area contributed by atoms with Crippen molar-refractivity contribution >= 4 is 52.6 Å². The Morgan fingerprint density at radius 1 is 1.27 bits per heavy atom. The molecule has 2 aliphatic rings. The van der Waals surface area contributed by atoms with Gasteiger partial charge in [0.2, 0.25) is 0 Å². The van der Waals surface area contributed by atoms with Crippen LogP contribution in [0.3, 0.4) is 0 Å². The van der Waals surface area contributed by atoms with E-state index in [-0.39, 0.29) is 23.9 Å². The molecule has 0 radical (unpaired) electrons. The van der Waals surface area contributed by atoms with Gasteiger partial charge in [0.05, 0.1) is 0 Å². The molecule has 2 aliphatic heterocycles. The molecule has 2 amide bonds. The molecule has 192 valence electrons. The van der Waals surface area contributed by atoms with E-state index in [0.29, 0.717) is 28.6 Å². The summed E-state index contributed by atoms with van der Waals surface area (Å²) >= 11 is 4.18. The van der Waals surface area contributed by atoms with Crippen LogP contribution in [0.5, 0.6) is 5.75 Å². The summed E-state index contributed by atoms with van der Waals surface area (Å²) in [6.07, 6.45) is 0. The highest BCUT2D eigenvalue weighted by molar-refractivity contribution is 8.01. The lowest BCUT2D eigenvalue weighted by molar-refractivity contribution is -0.148. The van der Waals surface area contributed by atoms with Crippen molar-refractivity contribution in [3.05, 3.63) is 70.0 Å². The van der Waals surface area contributed by atoms with Crippen LogP contribution in [0.25, 0.3) is 0 Å². The zero-order valence-electron chi connectivity index (χ0n) is 19.2. The number of β-lactam (4-membered cyclic amide) rings is 1. The Morgan fingerprint density at radius 3 is 2.76 bits per heavy atom. The number of nitrogens with zero attached hydrogens (tertiary/aromatic N) is 3. The number of carbonyl (C=O) groups is 3. The molecule has 0 saturated carbocycles. The highest BCUT2D eigenvalue weighted by atomic mass is 32.2. The Labute approximate surface area is 222 Å². The fraction of sp³-hybridized carbons (Fsp3) is 0.261. The highest BCUT2D eigenvalue weighted by Gasteiger charge is 2.54. The fourth-order valence-corrected chi connectivity index (χ4v) is 7.06. The molecule has 10 nitrogen and oxygen atoms in total. The van der Waals surface area contributed by atoms with Crippen molar-refractivity contribution in [3.8, 4) is 5.75 Å². The predicted octanol–water partition coefficient (Wildman–Crippen LogP) is 3.30. The number of furan rings is 1. The Balaban J connectivity index is 1.20. The maximum Gasteiger partial charge on any atom is 0.352 e. The number of nitrogens with one attached hydrogen (secondary N) is 1. The van der Waals surface area contributed by atoms with E-state index in [2.05, 4.69) is 15.5 Å². The van der Waals surface area contributed by atoms with Crippen LogP contribution in [-0.2, 0) is 16.2 Å². The van der Waals surface area contributed by atoms with Gasteiger partial charge in [0, 0.05) is 11.5 Å². The third-order valence-corrected chi connectivity index (χ3v) is 8.89. The number of carboxylic acids is 1. The minimum Gasteiger partial charge on any atom is -0.486 e. The third-order valence-electron chi connectivity index (χ3n) is 5.49. The third kappa shape index (κ3) is 5.36. The molecule has 4 heterocycles. The summed E-state index contributed by atoms with van der Waals surface area (Å²) in [5.41, 5.74) is 0.563. The molecule has 37 heavy (non-hydrogen) atoms. The van der Waals surface area contributed by atoms with E-state index in [0.717, 1.165) is 9.35 Å². The number of carboxylic acid groups (broad SMARTS) is 1. The van der Waals surface area contributed by atoms with E-state index < -0.39 is 29.2 Å². The number of hydrogen-bond donors (Lipinski definition) is 2. The molecule has 1 aromatic carbocycles. The zero-order valence-corrected chi connectivity index (χ0v) is 21.6. The van der Waals surface area contributed by atoms with Gasteiger partial charge >= 0.3 is 5.97 Å². The molecule has 0 spiro atoms. The number of ether oxygens (including phenoxy) is 1. The molecule has 1 fully saturated rings. The average Bonchev–Trinajstić information content (AvgIpc) is 3.53. The lowest BCUT2D eigenvalue weighted by Gasteiger charge is -2.49. The van der Waals surface area contributed by atoms with Crippen LogP contribution in [-0.4, -0.2) is 60.9 Å². The van der Waals surface area contributed by atoms with Crippen molar-refractivity contribution in [1.82, 2.24) is 20.4 Å². The molecule has 2 aromatic heterocycles. The maximum absolute atomic E-state index is 13.0. The van der Waals surface area contributed by atoms with Gasteiger partial charge in [0.25, 0.3) is 11.8 Å². The van der Waals surface area contributed by atoms with Crippen LogP contribution in [0.1, 0.15) is 21.3 Å². The molecule has 5 rings (SSSR count). The molecule has 2 atom stereocenters. The average molecular weight is 563 g/mol. The minimum absolute atomic E-state index is 0.0109. The molecule has 0 aliphatic carbocycles. The largest absolute Gasteiger partial charge is 0.486 e. The second-order valence-electron chi connectivity index (χ2n) is 8.00. The van der Waals surface area contributed by atoms with Crippen LogP contribution >= 0.6 is 34.9 Å². The lowest BCUT2D eigenvalue weighted by Crippen LogP contribution is -2.70. The van der Waals surface area contributed by atoms with Gasteiger partial charge < -0.3 is 19.6 Å². The van der Waals surface area contributed by atoms with Crippen LogP contribution in [0.4, 0.5) is 4.39 Å². The van der Waals surface area contributed by atoms with Crippen molar-refractivity contribution in [1.29, 1.82) is 0 Å². The fourth-order valence-electron chi connectivity index (χ4n) is 3.76. The molecule has 2 N–H and O–H groups in total. The number of fused-ring (bicyclic) bond motifs is 1. The number of thioether (sulfide) groups is 2. The van der Waals surface area contributed by atoms with Gasteiger partial charge in [-0.1, -0.05) is 23.1 Å². The van der Waals surface area contributed by atoms with E-state index in [1.807, 2.05) is 6.92 Å². The van der Waals surface area contributed by atoms with Gasteiger partial charge in [0.15, 0.2) is 10.1 Å². The van der Waals surface area contributed by atoms with Gasteiger partial charge in [-0.15, -0.1) is 22.0 Å². The van der Waals surface area contributed by atoms with Crippen molar-refractivity contribution in [2.75, 3.05) is 11.5 Å². The second-order valence-corrected chi connectivity index (χ2v) is 11.5. The van der Waals surface area contributed by atoms with Gasteiger partial charge in [-0.05, 0) is 48.9 Å². The molecular weight excluding hydrogens is 543 g/mol. The zero-order chi connectivity index (χ0) is 26.1. The topological polar surface area (TPSA) is 135 Å². The number of halogens is 1. The Hall–Kier alpha value is -3.36. The summed E-state index contributed by atoms with van der Waals surface area (Å²) in [4.78, 5) is 38.9. The number of rotatable bonds is 9. The summed E-state index contributed by atoms with van der Waals surface area (Å²) in [7, 11) is 0. The summed E-state index contributed by atoms with van der Waals surface area (Å²) in [5, 5.41) is 20.7. The standard InChI is InChI=1S/C23H19FN4O6S3/c1-11-26-27-23(37-11)36-10-12-9-35-21-17(20(30)28(21)18(12)22(31)32)25-19(29)16-7-6-15(34-16)8-33-14-4-2-13(24)3-5-14/h2-7,17,21H,8-10H2,1H3,(H,25,29)(H,31,32). The first-order valence-electron chi connectivity index (χ1n) is 10.9. The molecule has 3 aromatic rings. The van der Waals surface area contributed by atoms with Gasteiger partial charge in [-0.3, -0.25) is 14.5 Å². The van der Waals surface area contributed by atoms with E-state index >= 15 is 0 Å². The number of carbonyl (C=O) groups excluding carboxylic acids is 2. The summed E-state index contributed by atoms with van der Waals surface area (Å²) in [6.45, 7) is 1.86. The first-order chi connectivity index (χ1) is 17.8. The number of hydrogen-bond acceptors (Lipinski definition) is 10. The molecular formula is C23H19FN4O6S3. The number of aromatic nitrogens is 2. The first-order valence-corrected chi connectivity index (χ1v) is 13.8. The van der Waals surface area contributed by atoms with Crippen LogP contribution in [0.15, 0.2) is 56.4 Å². The summed E-state index contributed by atoms with van der Waals surface area (Å²) < 4.78 is 24.8. The predicted molar refractivity (Wildman–Crippen MR) is 134 cm³/mol. The summed E-state index contributed by atoms with van der Waals surface area (Å²) in [5.74, 6) is -1.10. The minimum atomic E-state index is -1.19. The van der Waals surface area contributed by atoms with Gasteiger partial charge in [-0.2, -0.15) is 0 Å². The van der Waals surface area contributed by atoms with E-state index in [9.17, 15) is 23.9 Å². The van der Waals surface area contributed by atoms with Gasteiger partial charge in [-0.25, -0.2) is 9.18 Å². The number of aliphatic carboxylic acids is 1.